The second-order valence-corrected chi connectivity index (χ2v) is 4.09. The van der Waals surface area contributed by atoms with Crippen molar-refractivity contribution in [2.24, 2.45) is 0 Å². The molecule has 0 aliphatic carbocycles. The highest BCUT2D eigenvalue weighted by atomic mass is 14.9. The van der Waals surface area contributed by atoms with Gasteiger partial charge in [-0.25, -0.2) is 4.98 Å². The minimum absolute atomic E-state index is 0.577. The lowest BCUT2D eigenvalue weighted by molar-refractivity contribution is 1.17. The average molecular weight is 234 g/mol. The average Bonchev–Trinajstić information content (AvgIpc) is 2.77. The molecule has 0 radical (unpaired) electrons. The van der Waals surface area contributed by atoms with E-state index >= 15 is 0 Å². The van der Waals surface area contributed by atoms with Gasteiger partial charge < -0.3 is 4.98 Å². The first-order valence-corrected chi connectivity index (χ1v) is 5.59. The number of aryl methyl sites for hydroxylation is 1. The van der Waals surface area contributed by atoms with Gasteiger partial charge in [0.15, 0.2) is 0 Å². The van der Waals surface area contributed by atoms with Crippen molar-refractivity contribution in [2.45, 2.75) is 6.92 Å². The number of H-pyrrole nitrogens is 1. The van der Waals surface area contributed by atoms with Crippen LogP contribution in [0.3, 0.4) is 0 Å². The molecule has 0 fully saturated rings. The largest absolute Gasteiger partial charge is 0.342 e. The van der Waals surface area contributed by atoms with Gasteiger partial charge in [-0.15, -0.1) is 0 Å². The van der Waals surface area contributed by atoms with Crippen LogP contribution in [0, 0.1) is 18.3 Å². The third-order valence-electron chi connectivity index (χ3n) is 2.85. The summed E-state index contributed by atoms with van der Waals surface area (Å²) in [6, 6.07) is 9.94. The summed E-state index contributed by atoms with van der Waals surface area (Å²) < 4.78 is 0. The zero-order valence-corrected chi connectivity index (χ0v) is 9.81. The third kappa shape index (κ3) is 1.62. The van der Waals surface area contributed by atoms with E-state index in [1.807, 2.05) is 31.2 Å². The van der Waals surface area contributed by atoms with E-state index in [1.54, 1.807) is 12.4 Å². The second-order valence-electron chi connectivity index (χ2n) is 4.09. The van der Waals surface area contributed by atoms with Gasteiger partial charge in [0.1, 0.15) is 11.9 Å². The Morgan fingerprint density at radius 3 is 3.00 bits per heavy atom. The van der Waals surface area contributed by atoms with Crippen molar-refractivity contribution < 1.29 is 0 Å². The Morgan fingerprint density at radius 1 is 1.28 bits per heavy atom. The zero-order chi connectivity index (χ0) is 12.5. The van der Waals surface area contributed by atoms with Crippen LogP contribution in [-0.4, -0.2) is 15.0 Å². The molecule has 1 N–H and O–H groups in total. The molecule has 0 amide bonds. The molecule has 2 heterocycles. The molecule has 0 atom stereocenters. The number of nitriles is 1. The summed E-state index contributed by atoms with van der Waals surface area (Å²) in [4.78, 5) is 11.5. The zero-order valence-electron chi connectivity index (χ0n) is 9.81. The number of pyridine rings is 1. The van der Waals surface area contributed by atoms with Crippen molar-refractivity contribution >= 4 is 11.0 Å². The molecule has 0 aliphatic heterocycles. The van der Waals surface area contributed by atoms with Gasteiger partial charge in [0.05, 0.1) is 16.6 Å². The summed E-state index contributed by atoms with van der Waals surface area (Å²) >= 11 is 0. The Bertz CT molecular complexity index is 765. The summed E-state index contributed by atoms with van der Waals surface area (Å²) in [5, 5.41) is 9.09. The van der Waals surface area contributed by atoms with Crippen LogP contribution >= 0.6 is 0 Å². The minimum Gasteiger partial charge on any atom is -0.342 e. The van der Waals surface area contributed by atoms with Crippen LogP contribution in [-0.2, 0) is 0 Å². The molecule has 3 rings (SSSR count). The number of aromatic amines is 1. The molecule has 18 heavy (non-hydrogen) atoms. The first kappa shape index (κ1) is 10.5. The van der Waals surface area contributed by atoms with Crippen molar-refractivity contribution in [2.75, 3.05) is 0 Å². The molecule has 0 spiro atoms. The molecule has 0 bridgehead atoms. The molecule has 4 heteroatoms. The number of aromatic nitrogens is 3. The summed E-state index contributed by atoms with van der Waals surface area (Å²) in [6.07, 6.45) is 3.27. The summed E-state index contributed by atoms with van der Waals surface area (Å²) in [7, 11) is 0. The van der Waals surface area contributed by atoms with E-state index in [9.17, 15) is 0 Å². The van der Waals surface area contributed by atoms with E-state index in [2.05, 4.69) is 21.0 Å². The molecule has 0 unspecified atom stereocenters. The molecular weight excluding hydrogens is 224 g/mol. The smallest absolute Gasteiger partial charge is 0.104 e. The first-order chi connectivity index (χ1) is 8.78. The number of hydrogen-bond donors (Lipinski definition) is 1. The van der Waals surface area contributed by atoms with E-state index in [0.29, 0.717) is 5.56 Å². The molecule has 0 saturated heterocycles. The normalized spacial score (nSPS) is 10.4. The highest BCUT2D eigenvalue weighted by Crippen LogP contribution is 2.25. The van der Waals surface area contributed by atoms with Gasteiger partial charge in [0.25, 0.3) is 0 Å². The summed E-state index contributed by atoms with van der Waals surface area (Å²) in [5.41, 5.74) is 4.37. The predicted molar refractivity (Wildman–Crippen MR) is 68.8 cm³/mol. The monoisotopic (exact) mass is 234 g/mol. The van der Waals surface area contributed by atoms with Gasteiger partial charge in [0.2, 0.25) is 0 Å². The van der Waals surface area contributed by atoms with Crippen LogP contribution in [0.5, 0.6) is 0 Å². The maximum Gasteiger partial charge on any atom is 0.104 e. The number of benzene rings is 1. The fraction of sp³-hybridized carbons (Fsp3) is 0.0714. The van der Waals surface area contributed by atoms with Crippen LogP contribution in [0.15, 0.2) is 36.7 Å². The Hall–Kier alpha value is -2.67. The van der Waals surface area contributed by atoms with Crippen molar-refractivity contribution in [3.05, 3.63) is 48.0 Å². The summed E-state index contributed by atoms with van der Waals surface area (Å²) in [5.74, 6) is 0.886. The van der Waals surface area contributed by atoms with E-state index in [4.69, 9.17) is 5.26 Å². The number of nitrogens with one attached hydrogen (secondary N) is 1. The topological polar surface area (TPSA) is 65.4 Å². The van der Waals surface area contributed by atoms with E-state index < -0.39 is 0 Å². The van der Waals surface area contributed by atoms with Crippen molar-refractivity contribution in [1.29, 1.82) is 5.26 Å². The second kappa shape index (κ2) is 3.97. The highest BCUT2D eigenvalue weighted by molar-refractivity contribution is 5.83. The molecule has 4 nitrogen and oxygen atoms in total. The van der Waals surface area contributed by atoms with Crippen LogP contribution < -0.4 is 0 Å². The number of nitrogens with zero attached hydrogens (tertiary/aromatic N) is 3. The minimum atomic E-state index is 0.577. The molecule has 0 saturated carbocycles. The van der Waals surface area contributed by atoms with Crippen LogP contribution in [0.4, 0.5) is 0 Å². The maximum absolute atomic E-state index is 9.09. The lowest BCUT2D eigenvalue weighted by Gasteiger charge is -2.03. The molecule has 1 aromatic carbocycles. The van der Waals surface area contributed by atoms with Crippen LogP contribution in [0.1, 0.15) is 11.4 Å². The Kier molecular flexibility index (Phi) is 2.31. The van der Waals surface area contributed by atoms with Gasteiger partial charge in [-0.3, -0.25) is 4.98 Å². The SMILES string of the molecule is Cc1nc2ccc(-c3ccncc3C#N)cc2[nH]1. The Labute approximate surface area is 104 Å². The fourth-order valence-electron chi connectivity index (χ4n) is 2.04. The third-order valence-corrected chi connectivity index (χ3v) is 2.85. The van der Waals surface area contributed by atoms with Crippen molar-refractivity contribution in [3.63, 3.8) is 0 Å². The highest BCUT2D eigenvalue weighted by Gasteiger charge is 2.06. The van der Waals surface area contributed by atoms with Crippen LogP contribution in [0.2, 0.25) is 0 Å². The fourth-order valence-corrected chi connectivity index (χ4v) is 2.04. The quantitative estimate of drug-likeness (QED) is 0.704. The molecule has 3 aromatic rings. The number of rotatable bonds is 1. The van der Waals surface area contributed by atoms with Gasteiger partial charge >= 0.3 is 0 Å². The molecule has 0 aliphatic rings. The predicted octanol–water partition coefficient (Wildman–Crippen LogP) is 2.81. The van der Waals surface area contributed by atoms with Gasteiger partial charge in [-0.1, -0.05) is 6.07 Å². The number of fused-ring (bicyclic) bond motifs is 1. The lowest BCUT2D eigenvalue weighted by atomic mass is 10.0. The molecule has 2 aromatic heterocycles. The van der Waals surface area contributed by atoms with Crippen molar-refractivity contribution in [3.8, 4) is 17.2 Å². The van der Waals surface area contributed by atoms with Gasteiger partial charge in [-0.05, 0) is 30.7 Å². The van der Waals surface area contributed by atoms with Crippen LogP contribution in [0.25, 0.3) is 22.2 Å². The number of hydrogen-bond acceptors (Lipinski definition) is 3. The van der Waals surface area contributed by atoms with E-state index in [0.717, 1.165) is 28.0 Å². The van der Waals surface area contributed by atoms with E-state index in [-0.39, 0.29) is 0 Å². The standard InChI is InChI=1S/C14H10N4/c1-9-17-13-3-2-10(6-14(13)18-9)12-4-5-16-8-11(12)7-15/h2-6,8H,1H3,(H,17,18). The van der Waals surface area contributed by atoms with Crippen molar-refractivity contribution in [1.82, 2.24) is 15.0 Å². The Morgan fingerprint density at radius 2 is 2.17 bits per heavy atom. The molecular formula is C14H10N4. The lowest BCUT2D eigenvalue weighted by Crippen LogP contribution is -1.85. The Balaban J connectivity index is 2.22. The first-order valence-electron chi connectivity index (χ1n) is 5.59. The van der Waals surface area contributed by atoms with Gasteiger partial charge in [-0.2, -0.15) is 5.26 Å². The summed E-state index contributed by atoms with van der Waals surface area (Å²) in [6.45, 7) is 1.92. The number of imidazole rings is 1. The van der Waals surface area contributed by atoms with E-state index in [1.165, 1.54) is 0 Å². The molecule has 86 valence electrons. The maximum atomic E-state index is 9.09. The van der Waals surface area contributed by atoms with Gasteiger partial charge in [0, 0.05) is 18.0 Å².